The summed E-state index contributed by atoms with van der Waals surface area (Å²) in [6, 6.07) is 0. The van der Waals surface area contributed by atoms with Crippen LogP contribution in [0, 0.1) is 5.92 Å². The maximum absolute atomic E-state index is 10.9. The number of epoxide rings is 1. The Kier molecular flexibility index (Phi) is 7.25. The number of esters is 1. The number of carbonyl (C=O) groups is 1. The van der Waals surface area contributed by atoms with Crippen molar-refractivity contribution in [1.29, 1.82) is 0 Å². The molecule has 0 radical (unpaired) electrons. The molecule has 100 valence electrons. The third-order valence-corrected chi connectivity index (χ3v) is 3.51. The predicted octanol–water partition coefficient (Wildman–Crippen LogP) is 3.32. The summed E-state index contributed by atoms with van der Waals surface area (Å²) in [5.41, 5.74) is 0. The quantitative estimate of drug-likeness (QED) is 0.335. The van der Waals surface area contributed by atoms with Gasteiger partial charge < -0.3 is 9.47 Å². The fraction of sp³-hybridized carbons (Fsp3) is 0.929. The monoisotopic (exact) mass is 242 g/mol. The number of unbranched alkanes of at least 4 members (excludes halogenated alkanes) is 5. The molecule has 0 aromatic rings. The van der Waals surface area contributed by atoms with Gasteiger partial charge in [0.25, 0.3) is 0 Å². The van der Waals surface area contributed by atoms with E-state index in [-0.39, 0.29) is 5.97 Å². The minimum Gasteiger partial charge on any atom is -0.469 e. The van der Waals surface area contributed by atoms with Gasteiger partial charge in [0.1, 0.15) is 0 Å². The molecule has 3 nitrogen and oxygen atoms in total. The zero-order valence-electron chi connectivity index (χ0n) is 11.2. The molecule has 0 N–H and O–H groups in total. The molecule has 2 atom stereocenters. The minimum atomic E-state index is -0.0803. The van der Waals surface area contributed by atoms with Crippen molar-refractivity contribution in [1.82, 2.24) is 0 Å². The Hall–Kier alpha value is -0.570. The van der Waals surface area contributed by atoms with Crippen LogP contribution in [0.5, 0.6) is 0 Å². The Morgan fingerprint density at radius 2 is 1.82 bits per heavy atom. The maximum atomic E-state index is 10.9. The lowest BCUT2D eigenvalue weighted by Crippen LogP contribution is -2.02. The minimum absolute atomic E-state index is 0.0803. The SMILES string of the molecule is COC(=O)CCCCCCCCC(C)C1CO1. The van der Waals surface area contributed by atoms with E-state index in [9.17, 15) is 4.79 Å². The van der Waals surface area contributed by atoms with Crippen molar-refractivity contribution in [3.05, 3.63) is 0 Å². The molecule has 0 aromatic carbocycles. The van der Waals surface area contributed by atoms with E-state index in [1.54, 1.807) is 0 Å². The van der Waals surface area contributed by atoms with Gasteiger partial charge in [0.15, 0.2) is 0 Å². The Bertz CT molecular complexity index is 212. The van der Waals surface area contributed by atoms with Crippen LogP contribution >= 0.6 is 0 Å². The standard InChI is InChI=1S/C14H26O3/c1-12(13-11-17-13)9-7-5-3-4-6-8-10-14(15)16-2/h12-13H,3-11H2,1-2H3. The van der Waals surface area contributed by atoms with Crippen LogP contribution in [0.1, 0.15) is 58.3 Å². The highest BCUT2D eigenvalue weighted by Crippen LogP contribution is 2.24. The largest absolute Gasteiger partial charge is 0.469 e. The van der Waals surface area contributed by atoms with E-state index in [2.05, 4.69) is 11.7 Å². The molecule has 1 fully saturated rings. The van der Waals surface area contributed by atoms with Crippen LogP contribution in [0.4, 0.5) is 0 Å². The Labute approximate surface area is 105 Å². The van der Waals surface area contributed by atoms with Crippen LogP contribution < -0.4 is 0 Å². The molecule has 1 aliphatic heterocycles. The molecular weight excluding hydrogens is 216 g/mol. The summed E-state index contributed by atoms with van der Waals surface area (Å²) in [6.07, 6.45) is 9.72. The Morgan fingerprint density at radius 1 is 1.24 bits per heavy atom. The highest BCUT2D eigenvalue weighted by atomic mass is 16.6. The third kappa shape index (κ3) is 7.37. The summed E-state index contributed by atoms with van der Waals surface area (Å²) in [5, 5.41) is 0. The highest BCUT2D eigenvalue weighted by molar-refractivity contribution is 5.68. The molecule has 0 spiro atoms. The maximum Gasteiger partial charge on any atom is 0.305 e. The summed E-state index contributed by atoms with van der Waals surface area (Å²) in [6.45, 7) is 3.27. The number of methoxy groups -OCH3 is 1. The molecule has 1 aliphatic rings. The van der Waals surface area contributed by atoms with Gasteiger partial charge in [0.05, 0.1) is 19.8 Å². The molecule has 0 aromatic heterocycles. The molecule has 2 unspecified atom stereocenters. The van der Waals surface area contributed by atoms with Crippen molar-refractivity contribution in [3.63, 3.8) is 0 Å². The Morgan fingerprint density at radius 3 is 2.41 bits per heavy atom. The van der Waals surface area contributed by atoms with Gasteiger partial charge in [-0.05, 0) is 18.8 Å². The number of carbonyl (C=O) groups excluding carboxylic acids is 1. The normalized spacial score (nSPS) is 20.0. The molecule has 0 aliphatic carbocycles. The fourth-order valence-corrected chi connectivity index (χ4v) is 2.11. The number of hydrogen-bond acceptors (Lipinski definition) is 3. The summed E-state index contributed by atoms with van der Waals surface area (Å²) >= 11 is 0. The van der Waals surface area contributed by atoms with Crippen molar-refractivity contribution in [3.8, 4) is 0 Å². The smallest absolute Gasteiger partial charge is 0.305 e. The first kappa shape index (κ1) is 14.5. The number of ether oxygens (including phenoxy) is 2. The van der Waals surface area contributed by atoms with Gasteiger partial charge in [-0.15, -0.1) is 0 Å². The number of hydrogen-bond donors (Lipinski definition) is 0. The van der Waals surface area contributed by atoms with E-state index in [1.165, 1.54) is 39.2 Å². The van der Waals surface area contributed by atoms with E-state index in [0.29, 0.717) is 12.5 Å². The van der Waals surface area contributed by atoms with Crippen molar-refractivity contribution < 1.29 is 14.3 Å². The predicted molar refractivity (Wildman–Crippen MR) is 67.9 cm³/mol. The lowest BCUT2D eigenvalue weighted by Gasteiger charge is -2.07. The second-order valence-electron chi connectivity index (χ2n) is 5.09. The lowest BCUT2D eigenvalue weighted by atomic mass is 9.99. The molecule has 1 rings (SSSR count). The molecule has 0 saturated carbocycles. The first-order valence-corrected chi connectivity index (χ1v) is 6.92. The first-order valence-electron chi connectivity index (χ1n) is 6.92. The second kappa shape index (κ2) is 8.51. The van der Waals surface area contributed by atoms with Gasteiger partial charge in [0.2, 0.25) is 0 Å². The van der Waals surface area contributed by atoms with Gasteiger partial charge >= 0.3 is 5.97 Å². The summed E-state index contributed by atoms with van der Waals surface area (Å²) in [4.78, 5) is 10.9. The molecule has 1 saturated heterocycles. The van der Waals surface area contributed by atoms with Gasteiger partial charge in [-0.3, -0.25) is 4.79 Å². The van der Waals surface area contributed by atoms with Crippen LogP contribution in [0.15, 0.2) is 0 Å². The molecule has 3 heteroatoms. The van der Waals surface area contributed by atoms with E-state index in [4.69, 9.17) is 4.74 Å². The fourth-order valence-electron chi connectivity index (χ4n) is 2.11. The van der Waals surface area contributed by atoms with E-state index < -0.39 is 0 Å². The summed E-state index contributed by atoms with van der Waals surface area (Å²) in [7, 11) is 1.45. The summed E-state index contributed by atoms with van der Waals surface area (Å²) in [5.74, 6) is 0.664. The topological polar surface area (TPSA) is 38.8 Å². The molecule has 0 bridgehead atoms. The van der Waals surface area contributed by atoms with Crippen LogP contribution in [0.25, 0.3) is 0 Å². The molecule has 17 heavy (non-hydrogen) atoms. The molecular formula is C14H26O3. The van der Waals surface area contributed by atoms with Gasteiger partial charge in [-0.2, -0.15) is 0 Å². The van der Waals surface area contributed by atoms with E-state index in [1.807, 2.05) is 0 Å². The zero-order valence-corrected chi connectivity index (χ0v) is 11.2. The van der Waals surface area contributed by atoms with Gasteiger partial charge in [-0.25, -0.2) is 0 Å². The van der Waals surface area contributed by atoms with Crippen molar-refractivity contribution in [2.24, 2.45) is 5.92 Å². The average Bonchev–Trinajstić information content (AvgIpc) is 3.15. The average molecular weight is 242 g/mol. The third-order valence-electron chi connectivity index (χ3n) is 3.51. The van der Waals surface area contributed by atoms with Crippen LogP contribution in [0.2, 0.25) is 0 Å². The second-order valence-corrected chi connectivity index (χ2v) is 5.09. The van der Waals surface area contributed by atoms with Crippen LogP contribution in [0.3, 0.4) is 0 Å². The lowest BCUT2D eigenvalue weighted by molar-refractivity contribution is -0.140. The van der Waals surface area contributed by atoms with Crippen molar-refractivity contribution >= 4 is 5.97 Å². The summed E-state index contributed by atoms with van der Waals surface area (Å²) < 4.78 is 9.87. The van der Waals surface area contributed by atoms with E-state index >= 15 is 0 Å². The van der Waals surface area contributed by atoms with Gasteiger partial charge in [0, 0.05) is 6.42 Å². The number of rotatable bonds is 10. The zero-order chi connectivity index (χ0) is 12.5. The van der Waals surface area contributed by atoms with Gasteiger partial charge in [-0.1, -0.05) is 39.0 Å². The highest BCUT2D eigenvalue weighted by Gasteiger charge is 2.28. The molecule has 1 heterocycles. The van der Waals surface area contributed by atoms with Crippen LogP contribution in [-0.4, -0.2) is 25.8 Å². The van der Waals surface area contributed by atoms with Crippen molar-refractivity contribution in [2.75, 3.05) is 13.7 Å². The van der Waals surface area contributed by atoms with E-state index in [0.717, 1.165) is 25.4 Å². The molecule has 0 amide bonds. The van der Waals surface area contributed by atoms with Crippen molar-refractivity contribution in [2.45, 2.75) is 64.4 Å². The first-order chi connectivity index (χ1) is 8.24. The Balaban J connectivity index is 1.76. The van der Waals surface area contributed by atoms with Crippen LogP contribution in [-0.2, 0) is 14.3 Å².